The van der Waals surface area contributed by atoms with Gasteiger partial charge in [0.05, 0.1) is 0 Å². The smallest absolute Gasteiger partial charge is 0.0104 e. The minimum atomic E-state index is 0.583. The first-order chi connectivity index (χ1) is 8.26. The summed E-state index contributed by atoms with van der Waals surface area (Å²) in [4.78, 5) is 2.64. The van der Waals surface area contributed by atoms with Gasteiger partial charge >= 0.3 is 0 Å². The maximum Gasteiger partial charge on any atom is 0.0104 e. The van der Waals surface area contributed by atoms with Crippen LogP contribution in [0.2, 0.25) is 0 Å². The fourth-order valence-corrected chi connectivity index (χ4v) is 1.48. The van der Waals surface area contributed by atoms with Gasteiger partial charge in [-0.15, -0.1) is 6.58 Å². The highest BCUT2D eigenvalue weighted by molar-refractivity contribution is 4.64. The van der Waals surface area contributed by atoms with E-state index < -0.39 is 0 Å². The van der Waals surface area contributed by atoms with Crippen LogP contribution in [0.15, 0.2) is 12.7 Å². The van der Waals surface area contributed by atoms with E-state index in [4.69, 9.17) is 5.73 Å². The highest BCUT2D eigenvalue weighted by Crippen LogP contribution is 2.01. The third-order valence-corrected chi connectivity index (χ3v) is 2.65. The molecule has 17 heavy (non-hydrogen) atoms. The molecule has 2 heteroatoms. The van der Waals surface area contributed by atoms with E-state index >= 15 is 0 Å². The zero-order valence-corrected chi connectivity index (χ0v) is 12.4. The van der Waals surface area contributed by atoms with E-state index in [0.29, 0.717) is 6.54 Å². The van der Waals surface area contributed by atoms with Crippen LogP contribution in [0.5, 0.6) is 0 Å². The van der Waals surface area contributed by atoms with E-state index in [1.54, 1.807) is 6.08 Å². The van der Waals surface area contributed by atoms with E-state index in [-0.39, 0.29) is 0 Å². The van der Waals surface area contributed by atoms with Crippen LogP contribution in [0.3, 0.4) is 0 Å². The molecule has 0 aliphatic heterocycles. The Balaban J connectivity index is 0. The van der Waals surface area contributed by atoms with Gasteiger partial charge in [0.2, 0.25) is 0 Å². The number of nitrogens with two attached hydrogens (primary N) is 1. The summed E-state index contributed by atoms with van der Waals surface area (Å²) in [6.07, 6.45) is 9.74. The summed E-state index contributed by atoms with van der Waals surface area (Å²) < 4.78 is 0. The molecule has 0 aromatic heterocycles. The number of rotatable bonds is 10. The van der Waals surface area contributed by atoms with E-state index in [0.717, 1.165) is 0 Å². The molecule has 0 aliphatic carbocycles. The Bertz CT molecular complexity index is 116. The van der Waals surface area contributed by atoms with Crippen LogP contribution in [-0.4, -0.2) is 31.1 Å². The van der Waals surface area contributed by atoms with Gasteiger partial charge in [0.15, 0.2) is 0 Å². The first-order valence-electron chi connectivity index (χ1n) is 7.29. The topological polar surface area (TPSA) is 29.3 Å². The van der Waals surface area contributed by atoms with Gasteiger partial charge in [-0.1, -0.05) is 46.1 Å². The molecule has 0 saturated carbocycles. The molecule has 0 amide bonds. The standard InChI is InChI=1S/C12H27N.C3H7N/c1-4-7-10-13(11-8-5-2)12-9-6-3;1-2-3-4/h4-12H2,1-3H3;2H,1,3-4H2. The lowest BCUT2D eigenvalue weighted by atomic mass is 10.2. The molecule has 0 aliphatic rings. The zero-order valence-electron chi connectivity index (χ0n) is 12.4. The van der Waals surface area contributed by atoms with Crippen LogP contribution in [0.25, 0.3) is 0 Å². The predicted molar refractivity (Wildman–Crippen MR) is 80.4 cm³/mol. The molecule has 0 atom stereocenters. The highest BCUT2D eigenvalue weighted by atomic mass is 15.1. The average molecular weight is 242 g/mol. The third-order valence-electron chi connectivity index (χ3n) is 2.65. The van der Waals surface area contributed by atoms with Crippen LogP contribution in [0, 0.1) is 0 Å². The van der Waals surface area contributed by atoms with Gasteiger partial charge in [-0.2, -0.15) is 0 Å². The Morgan fingerprint density at radius 2 is 1.18 bits per heavy atom. The maximum absolute atomic E-state index is 4.91. The van der Waals surface area contributed by atoms with Gasteiger partial charge in [0.25, 0.3) is 0 Å². The van der Waals surface area contributed by atoms with Crippen LogP contribution >= 0.6 is 0 Å². The monoisotopic (exact) mass is 242 g/mol. The van der Waals surface area contributed by atoms with Crippen LogP contribution < -0.4 is 5.73 Å². The fraction of sp³-hybridized carbons (Fsp3) is 0.867. The molecular weight excluding hydrogens is 208 g/mol. The number of hydrogen-bond acceptors (Lipinski definition) is 2. The minimum absolute atomic E-state index is 0.583. The summed E-state index contributed by atoms with van der Waals surface area (Å²) in [5.74, 6) is 0. The summed E-state index contributed by atoms with van der Waals surface area (Å²) >= 11 is 0. The van der Waals surface area contributed by atoms with Crippen molar-refractivity contribution in [3.8, 4) is 0 Å². The molecule has 0 heterocycles. The predicted octanol–water partition coefficient (Wildman–Crippen LogP) is 3.82. The molecule has 0 saturated heterocycles. The number of hydrogen-bond donors (Lipinski definition) is 1. The summed E-state index contributed by atoms with van der Waals surface area (Å²) in [5.41, 5.74) is 4.91. The van der Waals surface area contributed by atoms with E-state index in [2.05, 4.69) is 32.3 Å². The van der Waals surface area contributed by atoms with E-state index in [1.165, 1.54) is 58.2 Å². The van der Waals surface area contributed by atoms with Gasteiger partial charge in [-0.3, -0.25) is 0 Å². The molecule has 2 N–H and O–H groups in total. The quantitative estimate of drug-likeness (QED) is 0.590. The molecule has 0 aromatic carbocycles. The molecule has 2 nitrogen and oxygen atoms in total. The lowest BCUT2D eigenvalue weighted by Gasteiger charge is -2.21. The Kier molecular flexibility index (Phi) is 20.2. The normalized spacial score (nSPS) is 9.94. The summed E-state index contributed by atoms with van der Waals surface area (Å²) in [6, 6.07) is 0. The fourth-order valence-electron chi connectivity index (χ4n) is 1.48. The van der Waals surface area contributed by atoms with Gasteiger partial charge in [0, 0.05) is 6.54 Å². The molecule has 0 bridgehead atoms. The minimum Gasteiger partial charge on any atom is -0.327 e. The Morgan fingerprint density at radius 3 is 1.35 bits per heavy atom. The van der Waals surface area contributed by atoms with E-state index in [1.807, 2.05) is 0 Å². The molecule has 104 valence electrons. The van der Waals surface area contributed by atoms with Gasteiger partial charge in [-0.25, -0.2) is 0 Å². The zero-order chi connectivity index (χ0) is 13.4. The van der Waals surface area contributed by atoms with Crippen LogP contribution in [0.4, 0.5) is 0 Å². The second-order valence-corrected chi connectivity index (χ2v) is 4.43. The summed E-state index contributed by atoms with van der Waals surface area (Å²) in [7, 11) is 0. The van der Waals surface area contributed by atoms with Crippen molar-refractivity contribution in [2.45, 2.75) is 59.3 Å². The van der Waals surface area contributed by atoms with Crippen molar-refractivity contribution in [2.75, 3.05) is 26.2 Å². The van der Waals surface area contributed by atoms with Gasteiger partial charge < -0.3 is 10.6 Å². The van der Waals surface area contributed by atoms with Crippen LogP contribution in [-0.2, 0) is 0 Å². The third kappa shape index (κ3) is 18.2. The lowest BCUT2D eigenvalue weighted by Crippen LogP contribution is -2.27. The molecule has 0 radical (unpaired) electrons. The Hall–Kier alpha value is -0.340. The van der Waals surface area contributed by atoms with Crippen LogP contribution in [0.1, 0.15) is 59.3 Å². The van der Waals surface area contributed by atoms with E-state index in [9.17, 15) is 0 Å². The van der Waals surface area contributed by atoms with Crippen molar-refractivity contribution in [3.05, 3.63) is 12.7 Å². The van der Waals surface area contributed by atoms with Crippen molar-refractivity contribution in [1.82, 2.24) is 4.90 Å². The second kappa shape index (κ2) is 18.0. The Labute approximate surface area is 109 Å². The first-order valence-corrected chi connectivity index (χ1v) is 7.29. The second-order valence-electron chi connectivity index (χ2n) is 4.43. The summed E-state index contributed by atoms with van der Waals surface area (Å²) in [5, 5.41) is 0. The maximum atomic E-state index is 4.91. The SMILES string of the molecule is C=CCN.CCCCN(CCCC)CCCC. The van der Waals surface area contributed by atoms with Crippen molar-refractivity contribution < 1.29 is 0 Å². The van der Waals surface area contributed by atoms with Crippen molar-refractivity contribution in [1.29, 1.82) is 0 Å². The molecule has 0 spiro atoms. The van der Waals surface area contributed by atoms with Crippen molar-refractivity contribution in [3.63, 3.8) is 0 Å². The largest absolute Gasteiger partial charge is 0.327 e. The molecule has 0 unspecified atom stereocenters. The van der Waals surface area contributed by atoms with Crippen molar-refractivity contribution in [2.24, 2.45) is 5.73 Å². The molecule has 0 fully saturated rings. The molecule has 0 rings (SSSR count). The number of nitrogens with zero attached hydrogens (tertiary/aromatic N) is 1. The average Bonchev–Trinajstić information content (AvgIpc) is 2.38. The van der Waals surface area contributed by atoms with Gasteiger partial charge in [-0.05, 0) is 38.9 Å². The number of unbranched alkanes of at least 4 members (excludes halogenated alkanes) is 3. The first kappa shape index (κ1) is 19.0. The summed E-state index contributed by atoms with van der Waals surface area (Å²) in [6.45, 7) is 14.7. The molecular formula is C15H34N2. The lowest BCUT2D eigenvalue weighted by molar-refractivity contribution is 0.261. The highest BCUT2D eigenvalue weighted by Gasteiger charge is 2.01. The Morgan fingerprint density at radius 1 is 0.882 bits per heavy atom. The van der Waals surface area contributed by atoms with Gasteiger partial charge in [0.1, 0.15) is 0 Å². The molecule has 0 aromatic rings. The van der Waals surface area contributed by atoms with Crippen molar-refractivity contribution >= 4 is 0 Å².